The maximum absolute atomic E-state index is 15.4. The van der Waals surface area contributed by atoms with Gasteiger partial charge in [0.2, 0.25) is 17.8 Å². The van der Waals surface area contributed by atoms with Crippen LogP contribution in [0.2, 0.25) is 0 Å². The summed E-state index contributed by atoms with van der Waals surface area (Å²) in [4.78, 5) is 75.4. The first-order valence-corrected chi connectivity index (χ1v) is 19.3. The Morgan fingerprint density at radius 3 is 2.56 bits per heavy atom. The molecule has 14 nitrogen and oxygen atoms in total. The van der Waals surface area contributed by atoms with Crippen molar-refractivity contribution in [1.82, 2.24) is 25.5 Å². The predicted molar refractivity (Wildman–Crippen MR) is 203 cm³/mol. The molecule has 0 spiro atoms. The number of benzene rings is 2. The van der Waals surface area contributed by atoms with E-state index >= 15 is 4.39 Å². The van der Waals surface area contributed by atoms with Crippen LogP contribution in [0.5, 0.6) is 5.75 Å². The van der Waals surface area contributed by atoms with Gasteiger partial charge in [-0.15, -0.1) is 0 Å². The molecule has 3 aromatic rings. The predicted octanol–water partition coefficient (Wildman–Crippen LogP) is 5.02. The third-order valence-electron chi connectivity index (χ3n) is 11.3. The minimum Gasteiger partial charge on any atom is -0.495 e. The Bertz CT molecular complexity index is 2090. The zero-order valence-electron chi connectivity index (χ0n) is 31.8. The van der Waals surface area contributed by atoms with Crippen molar-refractivity contribution in [3.8, 4) is 5.75 Å². The normalized spacial score (nSPS) is 19.3. The van der Waals surface area contributed by atoms with Gasteiger partial charge in [-0.05, 0) is 61.8 Å². The molecule has 302 valence electrons. The summed E-state index contributed by atoms with van der Waals surface area (Å²) in [6, 6.07) is 7.05. The number of aromatic nitrogens is 2. The van der Waals surface area contributed by atoms with E-state index < -0.39 is 42.0 Å². The first kappa shape index (κ1) is 39.5. The number of piperidine rings is 1. The number of methoxy groups -OCH3 is 1. The summed E-state index contributed by atoms with van der Waals surface area (Å²) in [6.45, 7) is -0.181. The monoisotopic (exact) mass is 790 g/mol. The number of carbonyl (C=O) groups excluding carboxylic acids is 5. The number of imide groups is 1. The van der Waals surface area contributed by atoms with Gasteiger partial charge in [0.25, 0.3) is 17.7 Å². The second kappa shape index (κ2) is 16.4. The number of nitrogens with zero attached hydrogens (tertiary/aromatic N) is 5. The Morgan fingerprint density at radius 1 is 1.04 bits per heavy atom. The van der Waals surface area contributed by atoms with Crippen molar-refractivity contribution in [2.24, 2.45) is 0 Å². The number of nitrogens with one attached hydrogen (secondary N) is 3. The Balaban J connectivity index is 0.921. The summed E-state index contributed by atoms with van der Waals surface area (Å²) in [5.74, 6) is -7.13. The largest absolute Gasteiger partial charge is 0.495 e. The maximum atomic E-state index is 15.4. The summed E-state index contributed by atoms with van der Waals surface area (Å²) in [7, 11) is 2.62. The summed E-state index contributed by atoms with van der Waals surface area (Å²) in [5.41, 5.74) is 2.56. The first-order valence-electron chi connectivity index (χ1n) is 19.3. The van der Waals surface area contributed by atoms with E-state index in [0.29, 0.717) is 44.3 Å². The number of alkyl halides is 2. The van der Waals surface area contributed by atoms with Gasteiger partial charge in [-0.2, -0.15) is 13.8 Å². The highest BCUT2D eigenvalue weighted by Gasteiger charge is 2.49. The van der Waals surface area contributed by atoms with Gasteiger partial charge < -0.3 is 30.1 Å². The minimum atomic E-state index is -3.63. The van der Waals surface area contributed by atoms with Crippen molar-refractivity contribution in [1.29, 1.82) is 0 Å². The first-order chi connectivity index (χ1) is 27.4. The number of ether oxygens (including phenoxy) is 1. The SMILES string of the molecule is COc1cc(C(=O)NCCCCCCc2cccc3c2CN(C2CCC(=O)NC2=O)C3=O)c(F)cc1Nc1ncc2c(n1)N(C1CCCC1)CC(F)(F)C(=O)N2C. The van der Waals surface area contributed by atoms with Crippen LogP contribution in [-0.2, 0) is 27.3 Å². The fraction of sp³-hybridized carbons (Fsp3) is 0.475. The van der Waals surface area contributed by atoms with Crippen LogP contribution in [0.4, 0.5) is 36.3 Å². The molecule has 5 amide bonds. The van der Waals surface area contributed by atoms with Crippen molar-refractivity contribution < 1.29 is 41.9 Å². The van der Waals surface area contributed by atoms with Crippen LogP contribution in [0.15, 0.2) is 36.5 Å². The molecule has 1 aliphatic carbocycles. The number of fused-ring (bicyclic) bond motifs is 2. The molecule has 4 heterocycles. The van der Waals surface area contributed by atoms with Crippen LogP contribution in [0, 0.1) is 5.82 Å². The average Bonchev–Trinajstić information content (AvgIpc) is 3.83. The fourth-order valence-electron chi connectivity index (χ4n) is 8.19. The molecule has 1 unspecified atom stereocenters. The lowest BCUT2D eigenvalue weighted by molar-refractivity contribution is -0.140. The van der Waals surface area contributed by atoms with Gasteiger partial charge >= 0.3 is 5.92 Å². The third kappa shape index (κ3) is 8.09. The average molecular weight is 791 g/mol. The Labute approximate surface area is 327 Å². The van der Waals surface area contributed by atoms with E-state index in [4.69, 9.17) is 4.74 Å². The molecule has 0 bridgehead atoms. The molecule has 57 heavy (non-hydrogen) atoms. The fourth-order valence-corrected chi connectivity index (χ4v) is 8.19. The highest BCUT2D eigenvalue weighted by Crippen LogP contribution is 2.40. The smallest absolute Gasteiger partial charge is 0.342 e. The molecule has 4 aliphatic rings. The summed E-state index contributed by atoms with van der Waals surface area (Å²) in [5, 5.41) is 7.98. The van der Waals surface area contributed by atoms with E-state index in [0.717, 1.165) is 60.6 Å². The number of hydrogen-bond donors (Lipinski definition) is 3. The molecular weight excluding hydrogens is 745 g/mol. The van der Waals surface area contributed by atoms with Crippen molar-refractivity contribution in [3.63, 3.8) is 0 Å². The second-order valence-electron chi connectivity index (χ2n) is 15.0. The third-order valence-corrected chi connectivity index (χ3v) is 11.3. The van der Waals surface area contributed by atoms with E-state index in [1.165, 1.54) is 31.3 Å². The van der Waals surface area contributed by atoms with E-state index in [9.17, 15) is 32.8 Å². The summed E-state index contributed by atoms with van der Waals surface area (Å²) in [6.07, 6.45) is 8.77. The van der Waals surface area contributed by atoms with Gasteiger partial charge in [0.1, 0.15) is 23.3 Å². The van der Waals surface area contributed by atoms with Crippen molar-refractivity contribution in [3.05, 3.63) is 64.6 Å². The highest BCUT2D eigenvalue weighted by atomic mass is 19.3. The van der Waals surface area contributed by atoms with Crippen LogP contribution in [0.1, 0.15) is 96.1 Å². The van der Waals surface area contributed by atoms with Crippen molar-refractivity contribution in [2.75, 3.05) is 42.4 Å². The van der Waals surface area contributed by atoms with Crippen molar-refractivity contribution in [2.45, 2.75) is 95.2 Å². The summed E-state index contributed by atoms with van der Waals surface area (Å²) >= 11 is 0. The number of carbonyl (C=O) groups is 5. The second-order valence-corrected chi connectivity index (χ2v) is 15.0. The molecule has 2 fully saturated rings. The van der Waals surface area contributed by atoms with Gasteiger partial charge in [-0.25, -0.2) is 9.37 Å². The molecule has 7 rings (SSSR count). The number of anilines is 4. The van der Waals surface area contributed by atoms with Crippen LogP contribution >= 0.6 is 0 Å². The molecule has 3 N–H and O–H groups in total. The van der Waals surface area contributed by atoms with Gasteiger partial charge in [0, 0.05) is 44.2 Å². The molecule has 0 radical (unpaired) electrons. The Hall–Kier alpha value is -5.74. The highest BCUT2D eigenvalue weighted by molar-refractivity contribution is 6.05. The molecular formula is C40H45F3N8O6. The number of unbranched alkanes of at least 4 members (excludes halogenated alkanes) is 3. The van der Waals surface area contributed by atoms with Crippen LogP contribution in [0.3, 0.4) is 0 Å². The lowest BCUT2D eigenvalue weighted by atomic mass is 9.98. The number of hydrogen-bond acceptors (Lipinski definition) is 10. The Kier molecular flexibility index (Phi) is 11.4. The molecule has 2 aromatic carbocycles. The van der Waals surface area contributed by atoms with Crippen LogP contribution in [-0.4, -0.2) is 89.7 Å². The van der Waals surface area contributed by atoms with E-state index in [1.54, 1.807) is 11.0 Å². The number of aryl methyl sites for hydroxylation is 1. The van der Waals surface area contributed by atoms with Gasteiger partial charge in [0.05, 0.1) is 31.1 Å². The molecule has 17 heteroatoms. The summed E-state index contributed by atoms with van der Waals surface area (Å²) < 4.78 is 50.9. The molecule has 1 aromatic heterocycles. The lowest BCUT2D eigenvalue weighted by Crippen LogP contribution is -2.52. The zero-order valence-corrected chi connectivity index (χ0v) is 31.8. The van der Waals surface area contributed by atoms with Gasteiger partial charge in [-0.3, -0.25) is 29.3 Å². The van der Waals surface area contributed by atoms with Crippen LogP contribution < -0.4 is 30.5 Å². The van der Waals surface area contributed by atoms with Crippen molar-refractivity contribution >= 4 is 52.7 Å². The minimum absolute atomic E-state index is 0.0305. The zero-order chi connectivity index (χ0) is 40.4. The maximum Gasteiger partial charge on any atom is 0.342 e. The molecule has 3 aliphatic heterocycles. The lowest BCUT2D eigenvalue weighted by Gasteiger charge is -2.31. The molecule has 1 saturated carbocycles. The Morgan fingerprint density at radius 2 is 1.81 bits per heavy atom. The van der Waals surface area contributed by atoms with Gasteiger partial charge in [-0.1, -0.05) is 37.8 Å². The van der Waals surface area contributed by atoms with E-state index in [1.807, 2.05) is 12.1 Å². The standard InChI is InChI=1S/C40H45F3N8O6/c1-49-31-20-45-39(48-34(31)51(24-12-6-7-13-24)22-40(42,43)38(49)56)46-29-19-28(41)26(18-32(29)57-2)35(53)44-17-8-4-3-5-10-23-11-9-14-25-27(23)21-50(37(25)55)30-15-16-33(52)47-36(30)54/h9,11,14,18-20,24,30H,3-8,10,12-13,15-17,21-22H2,1-2H3,(H,44,53)(H,45,46,48)(H,47,52,54). The van der Waals surface area contributed by atoms with E-state index in [2.05, 4.69) is 25.9 Å². The topological polar surface area (TPSA) is 166 Å². The quantitative estimate of drug-likeness (QED) is 0.158. The number of amides is 5. The van der Waals surface area contributed by atoms with Crippen LogP contribution in [0.25, 0.3) is 0 Å². The molecule has 1 saturated heterocycles. The van der Waals surface area contributed by atoms with E-state index in [-0.39, 0.29) is 58.7 Å². The number of rotatable bonds is 13. The number of halogens is 3. The molecule has 1 atom stereocenters. The van der Waals surface area contributed by atoms with Gasteiger partial charge in [0.15, 0.2) is 5.82 Å².